The minimum atomic E-state index is 0.109. The van der Waals surface area contributed by atoms with Crippen LogP contribution in [0, 0.1) is 11.8 Å². The average molecular weight is 305 g/mol. The van der Waals surface area contributed by atoms with Gasteiger partial charge in [0, 0.05) is 29.7 Å². The Bertz CT molecular complexity index is 590. The molecule has 112 valence electrons. The Kier molecular flexibility index (Phi) is 3.21. The molecule has 3 aliphatic rings. The lowest BCUT2D eigenvalue weighted by molar-refractivity contribution is -0.133. The fourth-order valence-electron chi connectivity index (χ4n) is 2.90. The van der Waals surface area contributed by atoms with Crippen LogP contribution >= 0.6 is 11.3 Å². The van der Waals surface area contributed by atoms with Crippen molar-refractivity contribution in [1.82, 2.24) is 9.88 Å². The van der Waals surface area contributed by atoms with Crippen LogP contribution in [-0.4, -0.2) is 28.2 Å². The van der Waals surface area contributed by atoms with Crippen LogP contribution in [0.5, 0.6) is 0 Å². The van der Waals surface area contributed by atoms with Gasteiger partial charge in [-0.3, -0.25) is 9.59 Å². The summed E-state index contributed by atoms with van der Waals surface area (Å²) in [6.45, 7) is 1.43. The summed E-state index contributed by atoms with van der Waals surface area (Å²) in [6.07, 6.45) is 6.07. The highest BCUT2D eigenvalue weighted by Crippen LogP contribution is 2.35. The molecule has 4 rings (SSSR count). The topological polar surface area (TPSA) is 62.3 Å². The molecular formula is C15H19N3O2S. The maximum Gasteiger partial charge on any atom is 0.229 e. The van der Waals surface area contributed by atoms with Crippen molar-refractivity contribution in [1.29, 1.82) is 0 Å². The first-order chi connectivity index (χ1) is 10.2. The zero-order valence-corrected chi connectivity index (χ0v) is 12.7. The van der Waals surface area contributed by atoms with Gasteiger partial charge in [-0.15, -0.1) is 0 Å². The van der Waals surface area contributed by atoms with Crippen molar-refractivity contribution in [2.45, 2.75) is 45.1 Å². The SMILES string of the molecule is O=C(Nc1nc2c(s1)CN(C(=O)C1CC1)CC2)C1CCC1. The highest BCUT2D eigenvalue weighted by Gasteiger charge is 2.35. The Balaban J connectivity index is 1.43. The number of nitrogens with one attached hydrogen (secondary N) is 1. The van der Waals surface area contributed by atoms with E-state index in [9.17, 15) is 9.59 Å². The van der Waals surface area contributed by atoms with Crippen LogP contribution in [0.4, 0.5) is 5.13 Å². The number of nitrogens with zero attached hydrogens (tertiary/aromatic N) is 2. The number of hydrogen-bond donors (Lipinski definition) is 1. The van der Waals surface area contributed by atoms with E-state index in [2.05, 4.69) is 10.3 Å². The van der Waals surface area contributed by atoms with E-state index < -0.39 is 0 Å². The Morgan fingerprint density at radius 3 is 2.67 bits per heavy atom. The van der Waals surface area contributed by atoms with Gasteiger partial charge in [0.15, 0.2) is 5.13 Å². The van der Waals surface area contributed by atoms with Gasteiger partial charge in [0.2, 0.25) is 11.8 Å². The summed E-state index contributed by atoms with van der Waals surface area (Å²) in [7, 11) is 0. The Labute approximate surface area is 127 Å². The zero-order chi connectivity index (χ0) is 14.4. The molecule has 5 nitrogen and oxygen atoms in total. The lowest BCUT2D eigenvalue weighted by atomic mass is 9.85. The maximum atomic E-state index is 12.1. The molecular weight excluding hydrogens is 286 g/mol. The monoisotopic (exact) mass is 305 g/mol. The van der Waals surface area contributed by atoms with Gasteiger partial charge in [-0.1, -0.05) is 17.8 Å². The molecule has 1 aliphatic heterocycles. The van der Waals surface area contributed by atoms with Gasteiger partial charge in [0.25, 0.3) is 0 Å². The van der Waals surface area contributed by atoms with E-state index in [0.29, 0.717) is 17.6 Å². The predicted octanol–water partition coefficient (Wildman–Crippen LogP) is 2.18. The fraction of sp³-hybridized carbons (Fsp3) is 0.667. The molecule has 2 amide bonds. The van der Waals surface area contributed by atoms with Crippen molar-refractivity contribution in [3.63, 3.8) is 0 Å². The van der Waals surface area contributed by atoms with E-state index in [0.717, 1.165) is 55.6 Å². The van der Waals surface area contributed by atoms with Gasteiger partial charge >= 0.3 is 0 Å². The van der Waals surface area contributed by atoms with Crippen LogP contribution in [-0.2, 0) is 22.6 Å². The minimum Gasteiger partial charge on any atom is -0.337 e. The average Bonchev–Trinajstić information content (AvgIpc) is 3.16. The second-order valence-electron chi connectivity index (χ2n) is 6.29. The molecule has 0 saturated heterocycles. The summed E-state index contributed by atoms with van der Waals surface area (Å²) in [4.78, 5) is 31.7. The van der Waals surface area contributed by atoms with E-state index in [-0.39, 0.29) is 17.7 Å². The molecule has 0 spiro atoms. The molecule has 6 heteroatoms. The molecule has 2 aliphatic carbocycles. The van der Waals surface area contributed by atoms with Crippen molar-refractivity contribution in [2.24, 2.45) is 11.8 Å². The quantitative estimate of drug-likeness (QED) is 0.931. The van der Waals surface area contributed by atoms with Gasteiger partial charge in [-0.2, -0.15) is 0 Å². The van der Waals surface area contributed by atoms with Gasteiger partial charge < -0.3 is 10.2 Å². The smallest absolute Gasteiger partial charge is 0.229 e. The van der Waals surface area contributed by atoms with Crippen LogP contribution in [0.2, 0.25) is 0 Å². The minimum absolute atomic E-state index is 0.109. The largest absolute Gasteiger partial charge is 0.337 e. The van der Waals surface area contributed by atoms with Crippen LogP contribution in [0.3, 0.4) is 0 Å². The van der Waals surface area contributed by atoms with Crippen molar-refractivity contribution >= 4 is 28.3 Å². The summed E-state index contributed by atoms with van der Waals surface area (Å²) < 4.78 is 0. The van der Waals surface area contributed by atoms with E-state index in [1.807, 2.05) is 4.90 Å². The number of rotatable bonds is 3. The molecule has 1 aromatic heterocycles. The first kappa shape index (κ1) is 13.2. The molecule has 0 bridgehead atoms. The number of amides is 2. The maximum absolute atomic E-state index is 12.1. The van der Waals surface area contributed by atoms with Crippen molar-refractivity contribution in [3.05, 3.63) is 10.6 Å². The number of aromatic nitrogens is 1. The van der Waals surface area contributed by atoms with Crippen LogP contribution in [0.25, 0.3) is 0 Å². The third-order valence-electron chi connectivity index (χ3n) is 4.68. The Morgan fingerprint density at radius 1 is 1.19 bits per heavy atom. The molecule has 0 aromatic carbocycles. The molecule has 0 atom stereocenters. The number of thiazole rings is 1. The second kappa shape index (κ2) is 5.09. The lowest BCUT2D eigenvalue weighted by Crippen LogP contribution is -2.36. The summed E-state index contributed by atoms with van der Waals surface area (Å²) in [5.41, 5.74) is 1.06. The molecule has 1 N–H and O–H groups in total. The molecule has 2 fully saturated rings. The van der Waals surface area contributed by atoms with E-state index >= 15 is 0 Å². The molecule has 1 aromatic rings. The third kappa shape index (κ3) is 2.57. The van der Waals surface area contributed by atoms with Crippen molar-refractivity contribution in [3.8, 4) is 0 Å². The summed E-state index contributed by atoms with van der Waals surface area (Å²) in [6, 6.07) is 0. The summed E-state index contributed by atoms with van der Waals surface area (Å²) >= 11 is 1.53. The van der Waals surface area contributed by atoms with Gasteiger partial charge in [0.1, 0.15) is 0 Å². The van der Waals surface area contributed by atoms with Crippen LogP contribution in [0.1, 0.15) is 42.7 Å². The number of carbonyl (C=O) groups is 2. The second-order valence-corrected chi connectivity index (χ2v) is 7.37. The molecule has 2 heterocycles. The normalized spacial score (nSPS) is 21.6. The number of hydrogen-bond acceptors (Lipinski definition) is 4. The highest BCUT2D eigenvalue weighted by molar-refractivity contribution is 7.15. The Morgan fingerprint density at radius 2 is 2.00 bits per heavy atom. The summed E-state index contributed by atoms with van der Waals surface area (Å²) in [5, 5.41) is 3.65. The van der Waals surface area contributed by atoms with E-state index in [1.54, 1.807) is 0 Å². The first-order valence-electron chi connectivity index (χ1n) is 7.79. The van der Waals surface area contributed by atoms with E-state index in [4.69, 9.17) is 0 Å². The van der Waals surface area contributed by atoms with Crippen LogP contribution < -0.4 is 5.32 Å². The number of carbonyl (C=O) groups excluding carboxylic acids is 2. The standard InChI is InChI=1S/C15H19N3O2S/c19-13(9-2-1-3-9)17-15-16-11-6-7-18(8-12(11)21-15)14(20)10-4-5-10/h9-10H,1-8H2,(H,16,17,19). The number of anilines is 1. The Hall–Kier alpha value is -1.43. The van der Waals surface area contributed by atoms with Crippen molar-refractivity contribution in [2.75, 3.05) is 11.9 Å². The molecule has 21 heavy (non-hydrogen) atoms. The first-order valence-corrected chi connectivity index (χ1v) is 8.60. The fourth-order valence-corrected chi connectivity index (χ4v) is 3.93. The van der Waals surface area contributed by atoms with Crippen LogP contribution in [0.15, 0.2) is 0 Å². The number of fused-ring (bicyclic) bond motifs is 1. The van der Waals surface area contributed by atoms with E-state index in [1.165, 1.54) is 11.3 Å². The third-order valence-corrected chi connectivity index (χ3v) is 5.67. The molecule has 0 unspecified atom stereocenters. The molecule has 2 saturated carbocycles. The van der Waals surface area contributed by atoms with Gasteiger partial charge in [-0.25, -0.2) is 4.98 Å². The summed E-state index contributed by atoms with van der Waals surface area (Å²) in [5.74, 6) is 0.864. The predicted molar refractivity (Wildman–Crippen MR) is 79.9 cm³/mol. The van der Waals surface area contributed by atoms with Gasteiger partial charge in [-0.05, 0) is 25.7 Å². The van der Waals surface area contributed by atoms with Crippen molar-refractivity contribution < 1.29 is 9.59 Å². The highest BCUT2D eigenvalue weighted by atomic mass is 32.1. The lowest BCUT2D eigenvalue weighted by Gasteiger charge is -2.26. The molecule has 0 radical (unpaired) electrons. The van der Waals surface area contributed by atoms with Gasteiger partial charge in [0.05, 0.1) is 12.2 Å². The zero-order valence-electron chi connectivity index (χ0n) is 11.9.